The second-order valence-corrected chi connectivity index (χ2v) is 7.16. The van der Waals surface area contributed by atoms with Crippen LogP contribution in [-0.4, -0.2) is 38.6 Å². The van der Waals surface area contributed by atoms with Gasteiger partial charge in [0.15, 0.2) is 0 Å². The fourth-order valence-corrected chi connectivity index (χ4v) is 2.16. The lowest BCUT2D eigenvalue weighted by Gasteiger charge is -2.15. The van der Waals surface area contributed by atoms with Crippen molar-refractivity contribution in [1.82, 2.24) is 4.90 Å². The molecule has 0 saturated heterocycles. The molecule has 0 aliphatic heterocycles. The Hall–Kier alpha value is -1.56. The van der Waals surface area contributed by atoms with Crippen molar-refractivity contribution < 1.29 is 13.2 Å². The van der Waals surface area contributed by atoms with Crippen LogP contribution in [0.5, 0.6) is 0 Å². The Balaban J connectivity index is 3.16. The van der Waals surface area contributed by atoms with Crippen molar-refractivity contribution in [2.24, 2.45) is 0 Å². The normalized spacial score (nSPS) is 11.5. The highest BCUT2D eigenvalue weighted by Crippen LogP contribution is 2.20. The van der Waals surface area contributed by atoms with Gasteiger partial charge in [0.1, 0.15) is 0 Å². The van der Waals surface area contributed by atoms with Crippen LogP contribution in [0.2, 0.25) is 0 Å². The van der Waals surface area contributed by atoms with E-state index in [0.717, 1.165) is 5.56 Å². The lowest BCUT2D eigenvalue weighted by Crippen LogP contribution is -2.24. The lowest BCUT2D eigenvalue weighted by molar-refractivity contribution is 0.0827. The van der Waals surface area contributed by atoms with Gasteiger partial charge in [0.05, 0.1) is 10.9 Å². The molecule has 0 spiro atoms. The monoisotopic (exact) mass is 284 g/mol. The maximum Gasteiger partial charge on any atom is 0.253 e. The highest BCUT2D eigenvalue weighted by atomic mass is 32.2. The minimum atomic E-state index is -3.41. The van der Waals surface area contributed by atoms with Crippen molar-refractivity contribution in [1.29, 1.82) is 0 Å². The van der Waals surface area contributed by atoms with Gasteiger partial charge in [0.25, 0.3) is 5.91 Å². The Morgan fingerprint density at radius 3 is 2.32 bits per heavy atom. The second-order valence-electron chi connectivity index (χ2n) is 4.93. The predicted octanol–water partition coefficient (Wildman–Crippen LogP) is 1.85. The summed E-state index contributed by atoms with van der Waals surface area (Å²) in [5.74, 6) is -0.162. The maximum atomic E-state index is 11.9. The van der Waals surface area contributed by atoms with Crippen LogP contribution in [-0.2, 0) is 10.0 Å². The molecule has 0 atom stereocenters. The molecule has 5 nitrogen and oxygen atoms in total. The van der Waals surface area contributed by atoms with Gasteiger partial charge in [-0.25, -0.2) is 8.42 Å². The first-order valence-electron chi connectivity index (χ1n) is 5.99. The Labute approximate surface area is 114 Å². The van der Waals surface area contributed by atoms with E-state index in [2.05, 4.69) is 4.72 Å². The summed E-state index contributed by atoms with van der Waals surface area (Å²) in [4.78, 5) is 13.3. The van der Waals surface area contributed by atoms with Gasteiger partial charge in [0.2, 0.25) is 10.0 Å². The van der Waals surface area contributed by atoms with Gasteiger partial charge >= 0.3 is 0 Å². The number of rotatable bonds is 4. The molecule has 106 valence electrons. The molecular weight excluding hydrogens is 264 g/mol. The number of nitrogens with one attached hydrogen (secondary N) is 1. The Kier molecular flexibility index (Phi) is 4.57. The molecule has 0 heterocycles. The van der Waals surface area contributed by atoms with E-state index in [0.29, 0.717) is 11.3 Å². The van der Waals surface area contributed by atoms with E-state index in [9.17, 15) is 13.2 Å². The highest BCUT2D eigenvalue weighted by Gasteiger charge is 2.18. The van der Waals surface area contributed by atoms with Crippen molar-refractivity contribution in [3.05, 3.63) is 29.3 Å². The molecular formula is C13H20N2O3S. The maximum absolute atomic E-state index is 11.9. The molecule has 1 N–H and O–H groups in total. The summed E-state index contributed by atoms with van der Waals surface area (Å²) >= 11 is 0. The van der Waals surface area contributed by atoms with E-state index < -0.39 is 15.3 Å². The summed E-state index contributed by atoms with van der Waals surface area (Å²) in [6.07, 6.45) is 0. The molecule has 0 bridgehead atoms. The van der Waals surface area contributed by atoms with Gasteiger partial charge in [-0.15, -0.1) is 0 Å². The highest BCUT2D eigenvalue weighted by molar-refractivity contribution is 7.93. The number of benzene rings is 1. The predicted molar refractivity (Wildman–Crippen MR) is 76.9 cm³/mol. The largest absolute Gasteiger partial charge is 0.345 e. The van der Waals surface area contributed by atoms with Crippen LogP contribution < -0.4 is 4.72 Å². The van der Waals surface area contributed by atoms with Crippen molar-refractivity contribution in [3.8, 4) is 0 Å². The van der Waals surface area contributed by atoms with Crippen LogP contribution in [0.4, 0.5) is 5.69 Å². The Bertz CT molecular complexity index is 578. The summed E-state index contributed by atoms with van der Waals surface area (Å²) < 4.78 is 26.2. The van der Waals surface area contributed by atoms with E-state index in [4.69, 9.17) is 0 Å². The summed E-state index contributed by atoms with van der Waals surface area (Å²) in [5.41, 5.74) is 1.68. The third-order valence-electron chi connectivity index (χ3n) is 2.76. The van der Waals surface area contributed by atoms with Crippen LogP contribution in [0.15, 0.2) is 18.2 Å². The fourth-order valence-electron chi connectivity index (χ4n) is 1.39. The van der Waals surface area contributed by atoms with Crippen molar-refractivity contribution in [2.75, 3.05) is 18.8 Å². The third kappa shape index (κ3) is 3.70. The van der Waals surface area contributed by atoms with Gasteiger partial charge in [-0.1, -0.05) is 6.07 Å². The number of nitrogens with zero attached hydrogens (tertiary/aromatic N) is 1. The molecule has 1 amide bonds. The summed E-state index contributed by atoms with van der Waals surface area (Å²) in [6, 6.07) is 4.98. The van der Waals surface area contributed by atoms with Gasteiger partial charge in [-0.2, -0.15) is 0 Å². The molecule has 0 aromatic heterocycles. The van der Waals surface area contributed by atoms with Crippen LogP contribution >= 0.6 is 0 Å². The van der Waals surface area contributed by atoms with Gasteiger partial charge in [-0.3, -0.25) is 9.52 Å². The second kappa shape index (κ2) is 5.61. The number of anilines is 1. The minimum Gasteiger partial charge on any atom is -0.345 e. The standard InChI is InChI=1S/C13H20N2O3S/c1-9(2)19(17,18)14-12-8-11(7-6-10(12)3)13(16)15(4)5/h6-9,14H,1-5H3. The summed E-state index contributed by atoms with van der Waals surface area (Å²) in [6.45, 7) is 5.00. The zero-order valence-corrected chi connectivity index (χ0v) is 12.7. The van der Waals surface area contributed by atoms with Crippen LogP contribution in [0.3, 0.4) is 0 Å². The molecule has 19 heavy (non-hydrogen) atoms. The Morgan fingerprint density at radius 1 is 1.26 bits per heavy atom. The number of hydrogen-bond donors (Lipinski definition) is 1. The van der Waals surface area contributed by atoms with Gasteiger partial charge in [0, 0.05) is 19.7 Å². The van der Waals surface area contributed by atoms with E-state index >= 15 is 0 Å². The SMILES string of the molecule is Cc1ccc(C(=O)N(C)C)cc1NS(=O)(=O)C(C)C. The molecule has 1 aromatic rings. The zero-order valence-electron chi connectivity index (χ0n) is 11.9. The topological polar surface area (TPSA) is 66.5 Å². The number of aryl methyl sites for hydroxylation is 1. The van der Waals surface area contributed by atoms with Gasteiger partial charge in [-0.05, 0) is 38.5 Å². The first kappa shape index (κ1) is 15.5. The van der Waals surface area contributed by atoms with E-state index in [1.54, 1.807) is 53.1 Å². The molecule has 0 radical (unpaired) electrons. The molecule has 0 aliphatic carbocycles. The number of carbonyl (C=O) groups is 1. The molecule has 6 heteroatoms. The van der Waals surface area contributed by atoms with E-state index in [1.165, 1.54) is 4.90 Å². The fraction of sp³-hybridized carbons (Fsp3) is 0.462. The first-order chi connectivity index (χ1) is 8.65. The average Bonchev–Trinajstić information content (AvgIpc) is 2.30. The quantitative estimate of drug-likeness (QED) is 0.917. The molecule has 0 unspecified atom stereocenters. The van der Waals surface area contributed by atoms with Crippen molar-refractivity contribution in [3.63, 3.8) is 0 Å². The first-order valence-corrected chi connectivity index (χ1v) is 7.53. The van der Waals surface area contributed by atoms with E-state index in [-0.39, 0.29) is 5.91 Å². The smallest absolute Gasteiger partial charge is 0.253 e. The lowest BCUT2D eigenvalue weighted by atomic mass is 10.1. The molecule has 0 aliphatic rings. The molecule has 0 saturated carbocycles. The van der Waals surface area contributed by atoms with Crippen molar-refractivity contribution in [2.45, 2.75) is 26.0 Å². The molecule has 1 rings (SSSR count). The summed E-state index contributed by atoms with van der Waals surface area (Å²) in [7, 11) is -0.106. The average molecular weight is 284 g/mol. The molecule has 1 aromatic carbocycles. The Morgan fingerprint density at radius 2 is 1.84 bits per heavy atom. The number of hydrogen-bond acceptors (Lipinski definition) is 3. The van der Waals surface area contributed by atoms with Gasteiger partial charge < -0.3 is 4.90 Å². The van der Waals surface area contributed by atoms with Crippen LogP contribution in [0.25, 0.3) is 0 Å². The van der Waals surface area contributed by atoms with Crippen LogP contribution in [0, 0.1) is 6.92 Å². The third-order valence-corrected chi connectivity index (χ3v) is 4.51. The number of carbonyl (C=O) groups excluding carboxylic acids is 1. The van der Waals surface area contributed by atoms with Crippen LogP contribution in [0.1, 0.15) is 29.8 Å². The number of amides is 1. The zero-order chi connectivity index (χ0) is 14.8. The summed E-state index contributed by atoms with van der Waals surface area (Å²) in [5, 5.41) is -0.528. The molecule has 0 fully saturated rings. The number of sulfonamides is 1. The van der Waals surface area contributed by atoms with Crippen molar-refractivity contribution >= 4 is 21.6 Å². The minimum absolute atomic E-state index is 0.162. The van der Waals surface area contributed by atoms with E-state index in [1.807, 2.05) is 0 Å².